The number of hydrogen-bond donors (Lipinski definition) is 2. The predicted octanol–water partition coefficient (Wildman–Crippen LogP) is 1.42. The van der Waals surface area contributed by atoms with E-state index in [0.717, 1.165) is 18.8 Å². The van der Waals surface area contributed by atoms with E-state index in [1.807, 2.05) is 24.1 Å². The standard InChI is InChI=1S/C13H19N3O/c1-9-4-10(2)6-12(5-9)16-8-11(7-14-3)15-13(16)17/h4-6,11,14H,7-8H2,1-3H3,(H,15,17). The van der Waals surface area contributed by atoms with E-state index in [1.54, 1.807) is 0 Å². The molecule has 1 saturated heterocycles. The molecule has 2 amide bonds. The molecule has 1 heterocycles. The van der Waals surface area contributed by atoms with Crippen molar-refractivity contribution < 1.29 is 4.79 Å². The van der Waals surface area contributed by atoms with E-state index >= 15 is 0 Å². The van der Waals surface area contributed by atoms with E-state index < -0.39 is 0 Å². The second-order valence-electron chi connectivity index (χ2n) is 4.66. The van der Waals surface area contributed by atoms with Gasteiger partial charge in [0.25, 0.3) is 0 Å². The summed E-state index contributed by atoms with van der Waals surface area (Å²) in [7, 11) is 1.89. The molecular weight excluding hydrogens is 214 g/mol. The number of likely N-dealkylation sites (N-methyl/N-ethyl adjacent to an activating group) is 1. The smallest absolute Gasteiger partial charge is 0.322 e. The van der Waals surface area contributed by atoms with E-state index in [4.69, 9.17) is 0 Å². The summed E-state index contributed by atoms with van der Waals surface area (Å²) in [6.45, 7) is 5.63. The van der Waals surface area contributed by atoms with Gasteiger partial charge in [-0.05, 0) is 44.2 Å². The second-order valence-corrected chi connectivity index (χ2v) is 4.66. The highest BCUT2D eigenvalue weighted by atomic mass is 16.2. The van der Waals surface area contributed by atoms with Crippen LogP contribution >= 0.6 is 0 Å². The van der Waals surface area contributed by atoms with Gasteiger partial charge in [-0.1, -0.05) is 6.07 Å². The normalized spacial score (nSPS) is 19.6. The molecule has 0 aromatic heterocycles. The zero-order valence-electron chi connectivity index (χ0n) is 10.6. The number of nitrogens with one attached hydrogen (secondary N) is 2. The molecule has 1 aromatic rings. The Balaban J connectivity index is 2.19. The van der Waals surface area contributed by atoms with Crippen molar-refractivity contribution in [2.45, 2.75) is 19.9 Å². The molecule has 92 valence electrons. The Kier molecular flexibility index (Phi) is 3.33. The number of carbonyl (C=O) groups excluding carboxylic acids is 1. The van der Waals surface area contributed by atoms with Crippen molar-refractivity contribution in [2.24, 2.45) is 0 Å². The summed E-state index contributed by atoms with van der Waals surface area (Å²) >= 11 is 0. The molecule has 4 heteroatoms. The summed E-state index contributed by atoms with van der Waals surface area (Å²) in [6.07, 6.45) is 0. The highest BCUT2D eigenvalue weighted by Crippen LogP contribution is 2.21. The molecule has 1 aliphatic heterocycles. The lowest BCUT2D eigenvalue weighted by Crippen LogP contribution is -2.35. The van der Waals surface area contributed by atoms with Crippen molar-refractivity contribution in [3.63, 3.8) is 0 Å². The quantitative estimate of drug-likeness (QED) is 0.829. The third-order valence-corrected chi connectivity index (χ3v) is 2.94. The SMILES string of the molecule is CNCC1CN(c2cc(C)cc(C)c2)C(=O)N1. The van der Waals surface area contributed by atoms with Crippen molar-refractivity contribution in [2.75, 3.05) is 25.0 Å². The van der Waals surface area contributed by atoms with Gasteiger partial charge in [-0.25, -0.2) is 4.79 Å². The van der Waals surface area contributed by atoms with Crippen LogP contribution in [0.3, 0.4) is 0 Å². The van der Waals surface area contributed by atoms with Crippen LogP contribution in [0.2, 0.25) is 0 Å². The van der Waals surface area contributed by atoms with Gasteiger partial charge in [-0.15, -0.1) is 0 Å². The zero-order valence-corrected chi connectivity index (χ0v) is 10.6. The van der Waals surface area contributed by atoms with Gasteiger partial charge in [0.05, 0.1) is 6.04 Å². The molecule has 1 unspecified atom stereocenters. The summed E-state index contributed by atoms with van der Waals surface area (Å²) in [5.74, 6) is 0. The number of rotatable bonds is 3. The van der Waals surface area contributed by atoms with Crippen molar-refractivity contribution in [1.82, 2.24) is 10.6 Å². The van der Waals surface area contributed by atoms with Crippen LogP contribution in [0.15, 0.2) is 18.2 Å². The van der Waals surface area contributed by atoms with Crippen LogP contribution in [0.4, 0.5) is 10.5 Å². The minimum absolute atomic E-state index is 0.00440. The molecule has 1 atom stereocenters. The molecule has 1 aromatic carbocycles. The average molecular weight is 233 g/mol. The zero-order chi connectivity index (χ0) is 12.4. The Morgan fingerprint density at radius 1 is 1.35 bits per heavy atom. The predicted molar refractivity (Wildman–Crippen MR) is 69.5 cm³/mol. The number of nitrogens with zero attached hydrogens (tertiary/aromatic N) is 1. The highest BCUT2D eigenvalue weighted by Gasteiger charge is 2.29. The first kappa shape index (κ1) is 11.9. The number of aryl methyl sites for hydroxylation is 2. The first-order chi connectivity index (χ1) is 8.10. The number of amides is 2. The lowest BCUT2D eigenvalue weighted by molar-refractivity contribution is 0.251. The second kappa shape index (κ2) is 4.75. The van der Waals surface area contributed by atoms with Crippen LogP contribution in [-0.2, 0) is 0 Å². The van der Waals surface area contributed by atoms with Gasteiger partial charge in [0.15, 0.2) is 0 Å². The van der Waals surface area contributed by atoms with E-state index in [1.165, 1.54) is 11.1 Å². The third-order valence-electron chi connectivity index (χ3n) is 2.94. The molecule has 17 heavy (non-hydrogen) atoms. The van der Waals surface area contributed by atoms with E-state index in [-0.39, 0.29) is 12.1 Å². The molecule has 4 nitrogen and oxygen atoms in total. The molecule has 0 bridgehead atoms. The fourth-order valence-corrected chi connectivity index (χ4v) is 2.29. The first-order valence-corrected chi connectivity index (χ1v) is 5.91. The maximum atomic E-state index is 11.9. The van der Waals surface area contributed by atoms with Crippen LogP contribution in [0.25, 0.3) is 0 Å². The number of carbonyl (C=O) groups is 1. The maximum Gasteiger partial charge on any atom is 0.322 e. The van der Waals surface area contributed by atoms with E-state index in [0.29, 0.717) is 0 Å². The Labute approximate surface area is 102 Å². The molecule has 2 N–H and O–H groups in total. The molecule has 0 saturated carbocycles. The van der Waals surface area contributed by atoms with Gasteiger partial charge in [0.1, 0.15) is 0 Å². The summed E-state index contributed by atoms with van der Waals surface area (Å²) in [6, 6.07) is 6.40. The minimum atomic E-state index is -0.00440. The van der Waals surface area contributed by atoms with Crippen LogP contribution in [0, 0.1) is 13.8 Å². The van der Waals surface area contributed by atoms with Gasteiger partial charge in [-0.2, -0.15) is 0 Å². The molecule has 0 spiro atoms. The molecule has 2 rings (SSSR count). The highest BCUT2D eigenvalue weighted by molar-refractivity contribution is 5.94. The number of urea groups is 1. The van der Waals surface area contributed by atoms with Crippen LogP contribution in [-0.4, -0.2) is 32.2 Å². The Bertz CT molecular complexity index is 410. The summed E-state index contributed by atoms with van der Waals surface area (Å²) in [5.41, 5.74) is 3.35. The van der Waals surface area contributed by atoms with Crippen LogP contribution < -0.4 is 15.5 Å². The molecule has 0 radical (unpaired) electrons. The van der Waals surface area contributed by atoms with Crippen molar-refractivity contribution >= 4 is 11.7 Å². The first-order valence-electron chi connectivity index (χ1n) is 5.91. The number of benzene rings is 1. The summed E-state index contributed by atoms with van der Waals surface area (Å²) < 4.78 is 0. The van der Waals surface area contributed by atoms with Gasteiger partial charge in [0.2, 0.25) is 0 Å². The largest absolute Gasteiger partial charge is 0.332 e. The average Bonchev–Trinajstić information content (AvgIpc) is 2.58. The van der Waals surface area contributed by atoms with Gasteiger partial charge in [-0.3, -0.25) is 4.90 Å². The van der Waals surface area contributed by atoms with Crippen LogP contribution in [0.5, 0.6) is 0 Å². The topological polar surface area (TPSA) is 44.4 Å². The van der Waals surface area contributed by atoms with Gasteiger partial charge in [0, 0.05) is 18.8 Å². The van der Waals surface area contributed by atoms with Crippen molar-refractivity contribution in [3.8, 4) is 0 Å². The summed E-state index contributed by atoms with van der Waals surface area (Å²) in [5, 5.41) is 6.05. The molecule has 0 aliphatic carbocycles. The lowest BCUT2D eigenvalue weighted by Gasteiger charge is -2.16. The number of hydrogen-bond acceptors (Lipinski definition) is 2. The Morgan fingerprint density at radius 2 is 2.00 bits per heavy atom. The van der Waals surface area contributed by atoms with Crippen molar-refractivity contribution in [3.05, 3.63) is 29.3 Å². The maximum absolute atomic E-state index is 11.9. The fraction of sp³-hybridized carbons (Fsp3) is 0.462. The Hall–Kier alpha value is -1.55. The number of anilines is 1. The summed E-state index contributed by atoms with van der Waals surface area (Å²) in [4.78, 5) is 13.7. The fourth-order valence-electron chi connectivity index (χ4n) is 2.29. The van der Waals surface area contributed by atoms with Gasteiger partial charge < -0.3 is 10.6 Å². The molecule has 1 aliphatic rings. The Morgan fingerprint density at radius 3 is 2.59 bits per heavy atom. The van der Waals surface area contributed by atoms with Crippen molar-refractivity contribution in [1.29, 1.82) is 0 Å². The monoisotopic (exact) mass is 233 g/mol. The molecule has 1 fully saturated rings. The van der Waals surface area contributed by atoms with E-state index in [2.05, 4.69) is 30.5 Å². The van der Waals surface area contributed by atoms with E-state index in [9.17, 15) is 4.79 Å². The lowest BCUT2D eigenvalue weighted by atomic mass is 10.1. The molecular formula is C13H19N3O. The van der Waals surface area contributed by atoms with Crippen LogP contribution in [0.1, 0.15) is 11.1 Å². The minimum Gasteiger partial charge on any atom is -0.332 e. The third kappa shape index (κ3) is 2.58. The van der Waals surface area contributed by atoms with Gasteiger partial charge >= 0.3 is 6.03 Å².